The normalized spacial score (nSPS) is 11.3. The van der Waals surface area contributed by atoms with Gasteiger partial charge in [-0.15, -0.1) is 12.4 Å². The number of ether oxygens (including phenoxy) is 4. The van der Waals surface area contributed by atoms with Crippen molar-refractivity contribution in [3.8, 4) is 34.3 Å². The number of nitrogens with zero attached hydrogens (tertiary/aromatic N) is 2. The highest BCUT2D eigenvalue weighted by Crippen LogP contribution is 2.40. The van der Waals surface area contributed by atoms with E-state index in [0.29, 0.717) is 45.6 Å². The predicted octanol–water partition coefficient (Wildman–Crippen LogP) is 7.07. The zero-order chi connectivity index (χ0) is 32.0. The third-order valence-electron chi connectivity index (χ3n) is 7.97. The zero-order valence-electron chi connectivity index (χ0n) is 26.9. The molecule has 0 aliphatic carbocycles. The van der Waals surface area contributed by atoms with Crippen LogP contribution < -0.4 is 18.9 Å². The largest absolute Gasteiger partial charge is 0.494 e. The number of methoxy groups -OCH3 is 3. The summed E-state index contributed by atoms with van der Waals surface area (Å²) in [4.78, 5) is 2.79. The summed E-state index contributed by atoms with van der Waals surface area (Å²) in [7, 11) is 4.99. The van der Waals surface area contributed by atoms with Crippen molar-refractivity contribution in [1.82, 2.24) is 9.47 Å². The number of sulfone groups is 1. The maximum Gasteiger partial charge on any atom is 0.209 e. The van der Waals surface area contributed by atoms with Crippen molar-refractivity contribution in [2.75, 3.05) is 48.1 Å². The summed E-state index contributed by atoms with van der Waals surface area (Å²) in [5.74, 6) is 2.52. The summed E-state index contributed by atoms with van der Waals surface area (Å²) in [6.07, 6.45) is 1.65. The van der Waals surface area contributed by atoms with Crippen molar-refractivity contribution in [1.29, 1.82) is 0 Å². The SMILES string of the molecule is COc1cc(CCN(C)CCCOc2ccc(S(=O)(=O)c3c(-c4ccccc4)n(C)c4ccccc34)cc2)cc(OC)c1OC.Cl. The van der Waals surface area contributed by atoms with Gasteiger partial charge in [0.1, 0.15) is 10.6 Å². The van der Waals surface area contributed by atoms with E-state index >= 15 is 0 Å². The zero-order valence-corrected chi connectivity index (χ0v) is 28.5. The van der Waals surface area contributed by atoms with E-state index in [-0.39, 0.29) is 17.3 Å². The molecule has 1 aromatic heterocycles. The molecule has 0 atom stereocenters. The highest BCUT2D eigenvalue weighted by atomic mass is 35.5. The van der Waals surface area contributed by atoms with E-state index in [1.807, 2.05) is 78.3 Å². The fourth-order valence-corrected chi connectivity index (χ4v) is 7.32. The number of benzene rings is 4. The molecule has 0 radical (unpaired) electrons. The summed E-state index contributed by atoms with van der Waals surface area (Å²) in [5, 5.41) is 0.702. The molecule has 1 heterocycles. The lowest BCUT2D eigenvalue weighted by atomic mass is 10.1. The van der Waals surface area contributed by atoms with E-state index in [4.69, 9.17) is 18.9 Å². The molecular formula is C36H41ClN2O6S. The summed E-state index contributed by atoms with van der Waals surface area (Å²) in [6.45, 7) is 2.21. The van der Waals surface area contributed by atoms with Crippen LogP contribution in [0.25, 0.3) is 22.2 Å². The van der Waals surface area contributed by atoms with E-state index in [9.17, 15) is 8.42 Å². The Balaban J connectivity index is 0.00000480. The first kappa shape index (κ1) is 34.7. The molecule has 5 rings (SSSR count). The van der Waals surface area contributed by atoms with E-state index < -0.39 is 9.84 Å². The molecule has 8 nitrogen and oxygen atoms in total. The lowest BCUT2D eigenvalue weighted by Gasteiger charge is -2.18. The first-order chi connectivity index (χ1) is 21.8. The molecule has 10 heteroatoms. The number of hydrogen-bond acceptors (Lipinski definition) is 7. The Kier molecular flexibility index (Phi) is 11.6. The molecule has 0 aliphatic rings. The van der Waals surface area contributed by atoms with Crippen LogP contribution in [0.15, 0.2) is 101 Å². The highest BCUT2D eigenvalue weighted by Gasteiger charge is 2.28. The molecule has 46 heavy (non-hydrogen) atoms. The van der Waals surface area contributed by atoms with Gasteiger partial charge in [-0.05, 0) is 73.5 Å². The minimum Gasteiger partial charge on any atom is -0.494 e. The Bertz CT molecular complexity index is 1830. The molecule has 244 valence electrons. The van der Waals surface area contributed by atoms with Crippen molar-refractivity contribution in [3.05, 3.63) is 96.6 Å². The second-order valence-corrected chi connectivity index (χ2v) is 12.8. The first-order valence-electron chi connectivity index (χ1n) is 14.9. The van der Waals surface area contributed by atoms with Crippen molar-refractivity contribution in [2.45, 2.75) is 22.6 Å². The number of fused-ring (bicyclic) bond motifs is 1. The van der Waals surface area contributed by atoms with E-state index in [1.54, 1.807) is 45.6 Å². The number of halogens is 1. The molecule has 0 saturated heterocycles. The molecule has 0 unspecified atom stereocenters. The van der Waals surface area contributed by atoms with Crippen LogP contribution >= 0.6 is 12.4 Å². The number of likely N-dealkylation sites (N-methyl/N-ethyl adjacent to an activating group) is 1. The first-order valence-corrected chi connectivity index (χ1v) is 16.3. The van der Waals surface area contributed by atoms with Gasteiger partial charge in [-0.1, -0.05) is 48.5 Å². The van der Waals surface area contributed by atoms with Gasteiger partial charge >= 0.3 is 0 Å². The van der Waals surface area contributed by atoms with Gasteiger partial charge in [0.15, 0.2) is 11.5 Å². The smallest absolute Gasteiger partial charge is 0.209 e. The Morgan fingerprint density at radius 3 is 2.04 bits per heavy atom. The Labute approximate surface area is 277 Å². The van der Waals surface area contributed by atoms with Crippen LogP contribution in [0.2, 0.25) is 0 Å². The van der Waals surface area contributed by atoms with Crippen molar-refractivity contribution < 1.29 is 27.4 Å². The van der Waals surface area contributed by atoms with Crippen LogP contribution in [0.4, 0.5) is 0 Å². The number of hydrogen-bond donors (Lipinski definition) is 0. The average Bonchev–Trinajstić information content (AvgIpc) is 3.38. The fraction of sp³-hybridized carbons (Fsp3) is 0.278. The molecular weight excluding hydrogens is 624 g/mol. The fourth-order valence-electron chi connectivity index (χ4n) is 5.62. The Morgan fingerprint density at radius 1 is 0.783 bits per heavy atom. The summed E-state index contributed by atoms with van der Waals surface area (Å²) in [5.41, 5.74) is 3.49. The Morgan fingerprint density at radius 2 is 1.41 bits per heavy atom. The van der Waals surface area contributed by atoms with Gasteiger partial charge < -0.3 is 28.4 Å². The number of para-hydroxylation sites is 1. The minimum atomic E-state index is -3.82. The summed E-state index contributed by atoms with van der Waals surface area (Å²) < 4.78 is 52.5. The van der Waals surface area contributed by atoms with Gasteiger partial charge in [0.2, 0.25) is 15.6 Å². The molecule has 0 aliphatic heterocycles. The molecule has 0 bridgehead atoms. The lowest BCUT2D eigenvalue weighted by Crippen LogP contribution is -2.23. The standard InChI is InChI=1S/C36H40N2O6S.ClH/c1-37(22-20-26-24-32(41-3)35(43-5)33(25-26)42-4)21-11-23-44-28-16-18-29(19-17-28)45(39,40)36-30-14-9-10-15-31(30)38(2)34(36)27-12-7-6-8-13-27;/h6-10,12-19,24-25H,11,20-23H2,1-5H3;1H. The highest BCUT2D eigenvalue weighted by molar-refractivity contribution is 7.91. The van der Waals surface area contributed by atoms with Gasteiger partial charge in [-0.25, -0.2) is 8.42 Å². The maximum atomic E-state index is 14.1. The van der Waals surface area contributed by atoms with Crippen LogP contribution in [-0.4, -0.2) is 66.0 Å². The van der Waals surface area contributed by atoms with Crippen molar-refractivity contribution in [3.63, 3.8) is 0 Å². The van der Waals surface area contributed by atoms with E-state index in [1.165, 1.54) is 0 Å². The number of aryl methyl sites for hydroxylation is 1. The third-order valence-corrected chi connectivity index (χ3v) is 9.81. The molecule has 0 saturated carbocycles. The number of rotatable bonds is 14. The van der Waals surface area contributed by atoms with Gasteiger partial charge in [0, 0.05) is 31.0 Å². The second-order valence-electron chi connectivity index (χ2n) is 10.9. The maximum absolute atomic E-state index is 14.1. The monoisotopic (exact) mass is 664 g/mol. The molecule has 0 spiro atoms. The Hall–Kier alpha value is -4.18. The average molecular weight is 665 g/mol. The van der Waals surface area contributed by atoms with Gasteiger partial charge in [-0.2, -0.15) is 0 Å². The van der Waals surface area contributed by atoms with Gasteiger partial charge in [-0.3, -0.25) is 0 Å². The summed E-state index contributed by atoms with van der Waals surface area (Å²) >= 11 is 0. The van der Waals surface area contributed by atoms with Gasteiger partial charge in [0.25, 0.3) is 0 Å². The molecule has 5 aromatic rings. The van der Waals surface area contributed by atoms with Crippen LogP contribution in [0.1, 0.15) is 12.0 Å². The quantitative estimate of drug-likeness (QED) is 0.118. The predicted molar refractivity (Wildman–Crippen MR) is 185 cm³/mol. The second kappa shape index (κ2) is 15.4. The van der Waals surface area contributed by atoms with Crippen molar-refractivity contribution in [2.24, 2.45) is 7.05 Å². The van der Waals surface area contributed by atoms with Crippen LogP contribution in [-0.2, 0) is 23.3 Å². The van der Waals surface area contributed by atoms with Gasteiger partial charge in [0.05, 0.1) is 38.5 Å². The molecule has 0 fully saturated rings. The lowest BCUT2D eigenvalue weighted by molar-refractivity contribution is 0.263. The van der Waals surface area contributed by atoms with Crippen LogP contribution in [0.5, 0.6) is 23.0 Å². The van der Waals surface area contributed by atoms with E-state index in [2.05, 4.69) is 11.9 Å². The number of aromatic nitrogens is 1. The van der Waals surface area contributed by atoms with E-state index in [0.717, 1.165) is 42.6 Å². The molecule has 4 aromatic carbocycles. The molecule has 0 N–H and O–H groups in total. The van der Waals surface area contributed by atoms with Crippen LogP contribution in [0, 0.1) is 0 Å². The topological polar surface area (TPSA) is 79.2 Å². The summed E-state index contributed by atoms with van der Waals surface area (Å²) in [6, 6.07) is 27.9. The van der Waals surface area contributed by atoms with Crippen LogP contribution in [0.3, 0.4) is 0 Å². The minimum absolute atomic E-state index is 0. The van der Waals surface area contributed by atoms with Crippen molar-refractivity contribution >= 4 is 33.1 Å². The third kappa shape index (κ3) is 7.28. The molecule has 0 amide bonds.